The monoisotopic (exact) mass is 521 g/mol. The van der Waals surface area contributed by atoms with E-state index in [2.05, 4.69) is 15.6 Å². The lowest BCUT2D eigenvalue weighted by molar-refractivity contribution is -0.136. The van der Waals surface area contributed by atoms with Crippen molar-refractivity contribution in [3.63, 3.8) is 0 Å². The van der Waals surface area contributed by atoms with Gasteiger partial charge in [0.25, 0.3) is 0 Å². The van der Waals surface area contributed by atoms with Crippen molar-refractivity contribution in [1.29, 1.82) is 0 Å². The Balaban J connectivity index is 1.24. The van der Waals surface area contributed by atoms with Gasteiger partial charge < -0.3 is 19.8 Å². The van der Waals surface area contributed by atoms with Gasteiger partial charge in [0.1, 0.15) is 23.9 Å². The summed E-state index contributed by atoms with van der Waals surface area (Å²) in [6.07, 6.45) is 1.57. The molecule has 2 amide bonds. The average Bonchev–Trinajstić information content (AvgIpc) is 3.36. The first-order valence-corrected chi connectivity index (χ1v) is 11.7. The molecule has 36 heavy (non-hydrogen) atoms. The normalized spacial score (nSPS) is 10.8. The van der Waals surface area contributed by atoms with E-state index in [9.17, 15) is 9.59 Å². The van der Waals surface area contributed by atoms with Crippen molar-refractivity contribution in [3.05, 3.63) is 112 Å². The van der Waals surface area contributed by atoms with E-state index in [0.29, 0.717) is 28.8 Å². The Morgan fingerprint density at radius 1 is 0.889 bits per heavy atom. The zero-order valence-corrected chi connectivity index (χ0v) is 20.4. The van der Waals surface area contributed by atoms with Crippen LogP contribution in [0.25, 0.3) is 0 Å². The summed E-state index contributed by atoms with van der Waals surface area (Å²) >= 11 is 11.8. The van der Waals surface area contributed by atoms with Crippen molar-refractivity contribution in [2.24, 2.45) is 4.99 Å². The van der Waals surface area contributed by atoms with E-state index in [4.69, 9.17) is 32.4 Å². The Kier molecular flexibility index (Phi) is 8.39. The average molecular weight is 522 g/mol. The van der Waals surface area contributed by atoms with Crippen molar-refractivity contribution in [2.75, 3.05) is 5.32 Å². The van der Waals surface area contributed by atoms with E-state index in [-0.39, 0.29) is 11.6 Å². The van der Waals surface area contributed by atoms with Crippen LogP contribution in [0.5, 0.6) is 5.75 Å². The molecule has 2 N–H and O–H groups in total. The topological polar surface area (TPSA) is 92.9 Å². The molecule has 4 rings (SSSR count). The molecule has 0 aliphatic rings. The van der Waals surface area contributed by atoms with Crippen molar-refractivity contribution in [2.45, 2.75) is 13.2 Å². The molecule has 182 valence electrons. The minimum Gasteiger partial charge on any atom is -0.489 e. The Bertz CT molecular complexity index is 1370. The molecule has 0 atom stereocenters. The molecule has 0 spiro atoms. The number of nitrogens with one attached hydrogen (secondary N) is 2. The van der Waals surface area contributed by atoms with Crippen LogP contribution in [0.4, 0.5) is 11.4 Å². The maximum atomic E-state index is 12.1. The minimum absolute atomic E-state index is 0.0366. The highest BCUT2D eigenvalue weighted by molar-refractivity contribution is 6.42. The van der Waals surface area contributed by atoms with Crippen molar-refractivity contribution in [1.82, 2.24) is 5.32 Å². The van der Waals surface area contributed by atoms with Crippen LogP contribution in [0.15, 0.2) is 94.3 Å². The van der Waals surface area contributed by atoms with Gasteiger partial charge in [-0.1, -0.05) is 53.5 Å². The summed E-state index contributed by atoms with van der Waals surface area (Å²) < 4.78 is 11.4. The first-order chi connectivity index (χ1) is 17.5. The SMILES string of the molecule is O=C(NCc1ccc(C=Nc2ccc(OCc3ccccc3)cc2)o1)C(=O)Nc1ccc(Cl)c(Cl)c1. The molecule has 0 saturated heterocycles. The smallest absolute Gasteiger partial charge is 0.313 e. The third kappa shape index (κ3) is 7.21. The second-order valence-corrected chi connectivity index (χ2v) is 8.41. The molecule has 9 heteroatoms. The highest BCUT2D eigenvalue weighted by Crippen LogP contribution is 2.25. The van der Waals surface area contributed by atoms with E-state index in [1.165, 1.54) is 12.1 Å². The van der Waals surface area contributed by atoms with Gasteiger partial charge in [-0.3, -0.25) is 14.6 Å². The van der Waals surface area contributed by atoms with Crippen LogP contribution in [0.1, 0.15) is 17.1 Å². The van der Waals surface area contributed by atoms with E-state index >= 15 is 0 Å². The zero-order chi connectivity index (χ0) is 25.3. The quantitative estimate of drug-likeness (QED) is 0.214. The van der Waals surface area contributed by atoms with Crippen LogP contribution in [-0.4, -0.2) is 18.0 Å². The number of ether oxygens (including phenoxy) is 1. The highest BCUT2D eigenvalue weighted by atomic mass is 35.5. The largest absolute Gasteiger partial charge is 0.489 e. The predicted molar refractivity (Wildman–Crippen MR) is 140 cm³/mol. The molecule has 0 unspecified atom stereocenters. The molecule has 0 aliphatic heterocycles. The molecule has 3 aromatic carbocycles. The van der Waals surface area contributed by atoms with Gasteiger partial charge in [-0.05, 0) is 60.2 Å². The Morgan fingerprint density at radius 3 is 2.42 bits per heavy atom. The number of benzene rings is 3. The zero-order valence-electron chi connectivity index (χ0n) is 18.9. The Hall–Kier alpha value is -4.07. The number of carbonyl (C=O) groups excluding carboxylic acids is 2. The summed E-state index contributed by atoms with van der Waals surface area (Å²) in [5.41, 5.74) is 2.18. The number of furan rings is 1. The number of amides is 2. The molecular formula is C27H21Cl2N3O4. The number of hydrogen-bond acceptors (Lipinski definition) is 5. The van der Waals surface area contributed by atoms with Crippen LogP contribution in [0.2, 0.25) is 10.0 Å². The van der Waals surface area contributed by atoms with Gasteiger partial charge in [0.05, 0.1) is 28.5 Å². The second kappa shape index (κ2) is 12.1. The van der Waals surface area contributed by atoms with Crippen LogP contribution >= 0.6 is 23.2 Å². The summed E-state index contributed by atoms with van der Waals surface area (Å²) in [7, 11) is 0. The molecule has 1 aromatic heterocycles. The molecule has 0 aliphatic carbocycles. The van der Waals surface area contributed by atoms with Crippen molar-refractivity contribution >= 4 is 52.6 Å². The van der Waals surface area contributed by atoms with E-state index in [1.807, 2.05) is 54.6 Å². The Morgan fingerprint density at radius 2 is 1.67 bits per heavy atom. The number of anilines is 1. The molecule has 4 aromatic rings. The molecule has 7 nitrogen and oxygen atoms in total. The summed E-state index contributed by atoms with van der Waals surface area (Å²) in [6, 6.07) is 25.2. The number of carbonyl (C=O) groups is 2. The molecule has 1 heterocycles. The maximum absolute atomic E-state index is 12.1. The summed E-state index contributed by atoms with van der Waals surface area (Å²) in [6.45, 7) is 0.529. The molecule has 0 bridgehead atoms. The molecule has 0 fully saturated rings. The van der Waals surface area contributed by atoms with Gasteiger partial charge >= 0.3 is 11.8 Å². The molecule has 0 radical (unpaired) electrons. The van der Waals surface area contributed by atoms with Gasteiger partial charge in [0, 0.05) is 5.69 Å². The first-order valence-electron chi connectivity index (χ1n) is 10.9. The fourth-order valence-electron chi connectivity index (χ4n) is 3.08. The van der Waals surface area contributed by atoms with Gasteiger partial charge in [0.15, 0.2) is 0 Å². The minimum atomic E-state index is -0.835. The third-order valence-corrected chi connectivity index (χ3v) is 5.65. The van der Waals surface area contributed by atoms with Crippen LogP contribution in [0, 0.1) is 0 Å². The Labute approximate surface area is 217 Å². The third-order valence-electron chi connectivity index (χ3n) is 4.92. The number of hydrogen-bond donors (Lipinski definition) is 2. The van der Waals surface area contributed by atoms with Crippen molar-refractivity contribution in [3.8, 4) is 5.75 Å². The van der Waals surface area contributed by atoms with Crippen LogP contribution in [-0.2, 0) is 22.7 Å². The molecular weight excluding hydrogens is 501 g/mol. The summed E-state index contributed by atoms with van der Waals surface area (Å²) in [5.74, 6) is 0.0675. The van der Waals surface area contributed by atoms with Gasteiger partial charge in [0.2, 0.25) is 0 Å². The second-order valence-electron chi connectivity index (χ2n) is 7.60. The summed E-state index contributed by atoms with van der Waals surface area (Å²) in [4.78, 5) is 28.5. The van der Waals surface area contributed by atoms with Crippen LogP contribution < -0.4 is 15.4 Å². The number of rotatable bonds is 8. The maximum Gasteiger partial charge on any atom is 0.313 e. The number of nitrogens with zero attached hydrogens (tertiary/aromatic N) is 1. The van der Waals surface area contributed by atoms with Crippen molar-refractivity contribution < 1.29 is 18.7 Å². The standard InChI is InChI=1S/C27H21Cl2N3O4/c28-24-13-8-20(14-25(24)29)32-27(34)26(33)31-16-23-12-11-22(36-23)15-30-19-6-9-21(10-7-19)35-17-18-4-2-1-3-5-18/h1-15H,16-17H2,(H,31,33)(H,32,34). The van der Waals surface area contributed by atoms with E-state index in [0.717, 1.165) is 17.0 Å². The molecule has 0 saturated carbocycles. The lowest BCUT2D eigenvalue weighted by Crippen LogP contribution is -2.34. The van der Waals surface area contributed by atoms with E-state index < -0.39 is 11.8 Å². The predicted octanol–water partition coefficient (Wildman–Crippen LogP) is 6.17. The fourth-order valence-corrected chi connectivity index (χ4v) is 3.37. The van der Waals surface area contributed by atoms with Gasteiger partial charge in [-0.15, -0.1) is 0 Å². The van der Waals surface area contributed by atoms with E-state index in [1.54, 1.807) is 24.4 Å². The van der Waals surface area contributed by atoms with Gasteiger partial charge in [-0.2, -0.15) is 0 Å². The fraction of sp³-hybridized carbons (Fsp3) is 0.0741. The lowest BCUT2D eigenvalue weighted by atomic mass is 10.2. The first kappa shape index (κ1) is 25.0. The number of aliphatic imine (C=N–C) groups is 1. The highest BCUT2D eigenvalue weighted by Gasteiger charge is 2.14. The summed E-state index contributed by atoms with van der Waals surface area (Å²) in [5, 5.41) is 5.57. The van der Waals surface area contributed by atoms with Crippen LogP contribution in [0.3, 0.4) is 0 Å². The lowest BCUT2D eigenvalue weighted by Gasteiger charge is -2.06. The van der Waals surface area contributed by atoms with Gasteiger partial charge in [-0.25, -0.2) is 0 Å². The number of halogens is 2.